The van der Waals surface area contributed by atoms with Crippen molar-refractivity contribution >= 4 is 23.6 Å². The number of thioether (sulfide) groups is 1. The second-order valence-electron chi connectivity index (χ2n) is 7.31. The van der Waals surface area contributed by atoms with E-state index in [9.17, 15) is 9.59 Å². The smallest absolute Gasteiger partial charge is 0.242 e. The molecule has 156 valence electrons. The van der Waals surface area contributed by atoms with E-state index in [1.54, 1.807) is 16.7 Å². The lowest BCUT2D eigenvalue weighted by molar-refractivity contribution is -0.139. The maximum atomic E-state index is 13.1. The number of nitrogens with one attached hydrogen (secondary N) is 1. The lowest BCUT2D eigenvalue weighted by Crippen LogP contribution is -2.49. The predicted molar refractivity (Wildman–Crippen MR) is 122 cm³/mol. The Hall–Kier alpha value is -2.27. The largest absolute Gasteiger partial charge is 0.355 e. The molecule has 2 amide bonds. The summed E-state index contributed by atoms with van der Waals surface area (Å²) in [5, 5.41) is 2.88. The third-order valence-electron chi connectivity index (χ3n) is 4.79. The zero-order valence-corrected chi connectivity index (χ0v) is 18.7. The van der Waals surface area contributed by atoms with E-state index < -0.39 is 6.04 Å². The van der Waals surface area contributed by atoms with Crippen molar-refractivity contribution in [1.82, 2.24) is 10.2 Å². The maximum absolute atomic E-state index is 13.1. The van der Waals surface area contributed by atoms with Gasteiger partial charge in [-0.2, -0.15) is 0 Å². The van der Waals surface area contributed by atoms with Gasteiger partial charge in [0.15, 0.2) is 0 Å². The average molecular weight is 413 g/mol. The summed E-state index contributed by atoms with van der Waals surface area (Å²) in [4.78, 5) is 27.4. The van der Waals surface area contributed by atoms with Crippen LogP contribution in [0.4, 0.5) is 0 Å². The fraction of sp³-hybridized carbons (Fsp3) is 0.417. The highest BCUT2D eigenvalue weighted by Gasteiger charge is 2.28. The van der Waals surface area contributed by atoms with Crippen molar-refractivity contribution in [2.45, 2.75) is 52.5 Å². The Morgan fingerprint density at radius 1 is 1.00 bits per heavy atom. The van der Waals surface area contributed by atoms with Crippen molar-refractivity contribution in [3.05, 3.63) is 70.8 Å². The van der Waals surface area contributed by atoms with Crippen LogP contribution in [0.15, 0.2) is 48.5 Å². The van der Waals surface area contributed by atoms with Crippen LogP contribution in [-0.4, -0.2) is 35.1 Å². The van der Waals surface area contributed by atoms with Gasteiger partial charge in [-0.3, -0.25) is 9.59 Å². The zero-order chi connectivity index (χ0) is 21.2. The van der Waals surface area contributed by atoms with Crippen molar-refractivity contribution < 1.29 is 9.59 Å². The normalized spacial score (nSPS) is 11.7. The van der Waals surface area contributed by atoms with Gasteiger partial charge in [0.05, 0.1) is 5.75 Å². The summed E-state index contributed by atoms with van der Waals surface area (Å²) in [7, 11) is 0. The van der Waals surface area contributed by atoms with Gasteiger partial charge < -0.3 is 10.2 Å². The van der Waals surface area contributed by atoms with Crippen molar-refractivity contribution in [2.75, 3.05) is 12.3 Å². The van der Waals surface area contributed by atoms with E-state index in [1.807, 2.05) is 39.0 Å². The summed E-state index contributed by atoms with van der Waals surface area (Å²) in [6.45, 7) is 8.96. The van der Waals surface area contributed by atoms with Gasteiger partial charge in [-0.15, -0.1) is 11.8 Å². The molecule has 4 nitrogen and oxygen atoms in total. The molecule has 0 aliphatic heterocycles. The van der Waals surface area contributed by atoms with Crippen LogP contribution >= 0.6 is 11.8 Å². The number of benzene rings is 2. The van der Waals surface area contributed by atoms with Crippen LogP contribution in [0.25, 0.3) is 0 Å². The van der Waals surface area contributed by atoms with E-state index in [0.717, 1.165) is 16.9 Å². The summed E-state index contributed by atoms with van der Waals surface area (Å²) >= 11 is 1.59. The first kappa shape index (κ1) is 23.0. The molecule has 0 saturated heterocycles. The van der Waals surface area contributed by atoms with Crippen molar-refractivity contribution in [2.24, 2.45) is 0 Å². The minimum Gasteiger partial charge on any atom is -0.355 e. The maximum Gasteiger partial charge on any atom is 0.242 e. The first-order chi connectivity index (χ1) is 13.9. The SMILES string of the molecule is CCNC(=O)C(CC)N(Cc1cccc(C)c1)C(=O)CSCc1ccc(C)cc1. The number of carbonyl (C=O) groups is 2. The van der Waals surface area contributed by atoms with Crippen LogP contribution < -0.4 is 5.32 Å². The molecule has 0 aliphatic rings. The first-order valence-corrected chi connectivity index (χ1v) is 11.4. The number of nitrogens with zero attached hydrogens (tertiary/aromatic N) is 1. The lowest BCUT2D eigenvalue weighted by Gasteiger charge is -2.30. The second kappa shape index (κ2) is 11.7. The lowest BCUT2D eigenvalue weighted by atomic mass is 10.1. The summed E-state index contributed by atoms with van der Waals surface area (Å²) in [5.41, 5.74) is 4.63. The molecule has 0 aliphatic carbocycles. The third kappa shape index (κ3) is 7.24. The molecule has 2 aromatic carbocycles. The molecule has 2 rings (SSSR count). The highest BCUT2D eigenvalue weighted by Crippen LogP contribution is 2.18. The minimum absolute atomic E-state index is 0.00159. The number of rotatable bonds is 10. The average Bonchev–Trinajstić information content (AvgIpc) is 2.69. The van der Waals surface area contributed by atoms with E-state index in [4.69, 9.17) is 0 Å². The molecule has 5 heteroatoms. The van der Waals surface area contributed by atoms with Gasteiger partial charge >= 0.3 is 0 Å². The van der Waals surface area contributed by atoms with E-state index in [1.165, 1.54) is 11.1 Å². The van der Waals surface area contributed by atoms with Gasteiger partial charge in [-0.05, 0) is 38.3 Å². The zero-order valence-electron chi connectivity index (χ0n) is 17.9. The molecule has 2 aromatic rings. The highest BCUT2D eigenvalue weighted by atomic mass is 32.2. The van der Waals surface area contributed by atoms with Crippen molar-refractivity contribution in [3.8, 4) is 0 Å². The number of likely N-dealkylation sites (N-methyl/N-ethyl adjacent to an activating group) is 1. The van der Waals surface area contributed by atoms with E-state index in [2.05, 4.69) is 42.6 Å². The molecule has 0 saturated carbocycles. The summed E-state index contributed by atoms with van der Waals surface area (Å²) in [6, 6.07) is 16.0. The molecule has 1 atom stereocenters. The molecule has 0 aromatic heterocycles. The van der Waals surface area contributed by atoms with E-state index >= 15 is 0 Å². The van der Waals surface area contributed by atoms with Crippen LogP contribution in [0.3, 0.4) is 0 Å². The van der Waals surface area contributed by atoms with Gasteiger partial charge in [0.1, 0.15) is 6.04 Å². The van der Waals surface area contributed by atoms with Gasteiger partial charge in [0, 0.05) is 18.8 Å². The second-order valence-corrected chi connectivity index (χ2v) is 8.29. The Kier molecular flexibility index (Phi) is 9.26. The molecule has 0 fully saturated rings. The van der Waals surface area contributed by atoms with Crippen molar-refractivity contribution in [3.63, 3.8) is 0 Å². The van der Waals surface area contributed by atoms with Crippen LogP contribution in [0, 0.1) is 13.8 Å². The first-order valence-electron chi connectivity index (χ1n) is 10.2. The highest BCUT2D eigenvalue weighted by molar-refractivity contribution is 7.99. The van der Waals surface area contributed by atoms with Crippen LogP contribution in [0.2, 0.25) is 0 Å². The number of aryl methyl sites for hydroxylation is 2. The molecule has 0 radical (unpaired) electrons. The Bertz CT molecular complexity index is 805. The number of hydrogen-bond acceptors (Lipinski definition) is 3. The number of hydrogen-bond donors (Lipinski definition) is 1. The topological polar surface area (TPSA) is 49.4 Å². The Labute approximate surface area is 179 Å². The monoisotopic (exact) mass is 412 g/mol. The molecule has 0 heterocycles. The van der Waals surface area contributed by atoms with Crippen LogP contribution in [-0.2, 0) is 21.9 Å². The molecule has 1 unspecified atom stereocenters. The van der Waals surface area contributed by atoms with Crippen molar-refractivity contribution in [1.29, 1.82) is 0 Å². The van der Waals surface area contributed by atoms with E-state index in [-0.39, 0.29) is 11.8 Å². The van der Waals surface area contributed by atoms with Gasteiger partial charge in [-0.1, -0.05) is 66.6 Å². The van der Waals surface area contributed by atoms with Crippen LogP contribution in [0.5, 0.6) is 0 Å². The fourth-order valence-electron chi connectivity index (χ4n) is 3.24. The van der Waals surface area contributed by atoms with Gasteiger partial charge in [0.2, 0.25) is 11.8 Å². The Balaban J connectivity index is 2.10. The molecule has 1 N–H and O–H groups in total. The minimum atomic E-state index is -0.456. The number of amides is 2. The Morgan fingerprint density at radius 3 is 2.34 bits per heavy atom. The molecular formula is C24H32N2O2S. The fourth-order valence-corrected chi connectivity index (χ4v) is 4.11. The molecule has 0 spiro atoms. The van der Waals surface area contributed by atoms with Gasteiger partial charge in [0.25, 0.3) is 0 Å². The molecule has 0 bridgehead atoms. The van der Waals surface area contributed by atoms with E-state index in [0.29, 0.717) is 25.3 Å². The van der Waals surface area contributed by atoms with Gasteiger partial charge in [-0.25, -0.2) is 0 Å². The molecular weight excluding hydrogens is 380 g/mol. The Morgan fingerprint density at radius 2 is 1.72 bits per heavy atom. The standard InChI is InChI=1S/C24H32N2O2S/c1-5-22(24(28)25-6-2)26(15-21-9-7-8-19(4)14-21)23(27)17-29-16-20-12-10-18(3)11-13-20/h7-14,22H,5-6,15-17H2,1-4H3,(H,25,28). The number of carbonyl (C=O) groups excluding carboxylic acids is 2. The quantitative estimate of drug-likeness (QED) is 0.626. The summed E-state index contributed by atoms with van der Waals surface area (Å²) < 4.78 is 0. The molecule has 29 heavy (non-hydrogen) atoms. The predicted octanol–water partition coefficient (Wildman–Crippen LogP) is 4.48. The third-order valence-corrected chi connectivity index (χ3v) is 5.78. The summed E-state index contributed by atoms with van der Waals surface area (Å²) in [5.74, 6) is 1.05. The summed E-state index contributed by atoms with van der Waals surface area (Å²) in [6.07, 6.45) is 0.589. The van der Waals surface area contributed by atoms with Crippen LogP contribution in [0.1, 0.15) is 42.5 Å².